The second-order valence-corrected chi connectivity index (χ2v) is 6.45. The molecule has 0 unspecified atom stereocenters. The normalized spacial score (nSPS) is 26.8. The number of hydrogen-bond donors (Lipinski definition) is 1. The minimum atomic E-state index is 0.0413. The number of carbonyl (C=O) groups excluding carboxylic acids is 1. The largest absolute Gasteiger partial charge is 0.371 e. The van der Waals surface area contributed by atoms with E-state index in [-0.39, 0.29) is 18.1 Å². The van der Waals surface area contributed by atoms with Crippen molar-refractivity contribution in [1.29, 1.82) is 0 Å². The van der Waals surface area contributed by atoms with Crippen LogP contribution in [0.4, 0.5) is 0 Å². The molecular formula is C18H25NO2. The topological polar surface area (TPSA) is 38.3 Å². The molecule has 1 aromatic rings. The Hall–Kier alpha value is -1.35. The van der Waals surface area contributed by atoms with Crippen molar-refractivity contribution in [2.75, 3.05) is 0 Å². The van der Waals surface area contributed by atoms with Gasteiger partial charge < -0.3 is 10.1 Å². The van der Waals surface area contributed by atoms with Crippen LogP contribution < -0.4 is 5.32 Å². The van der Waals surface area contributed by atoms with E-state index in [1.54, 1.807) is 0 Å². The molecule has 0 radical (unpaired) electrons. The zero-order valence-corrected chi connectivity index (χ0v) is 12.6. The molecule has 2 aliphatic rings. The summed E-state index contributed by atoms with van der Waals surface area (Å²) >= 11 is 0. The van der Waals surface area contributed by atoms with Crippen LogP contribution in [0.15, 0.2) is 30.3 Å². The van der Waals surface area contributed by atoms with Crippen LogP contribution in [0.3, 0.4) is 0 Å². The first-order valence-electron chi connectivity index (χ1n) is 8.26. The van der Waals surface area contributed by atoms with E-state index in [2.05, 4.69) is 17.4 Å². The van der Waals surface area contributed by atoms with Gasteiger partial charge in [0.15, 0.2) is 0 Å². The Balaban J connectivity index is 1.53. The fourth-order valence-corrected chi connectivity index (χ4v) is 3.63. The second-order valence-electron chi connectivity index (χ2n) is 6.45. The summed E-state index contributed by atoms with van der Waals surface area (Å²) in [4.78, 5) is 11.7. The Morgan fingerprint density at radius 1 is 1.10 bits per heavy atom. The highest BCUT2D eigenvalue weighted by atomic mass is 16.5. The number of nitrogens with one attached hydrogen (secondary N) is 1. The number of hydrogen-bond acceptors (Lipinski definition) is 2. The van der Waals surface area contributed by atoms with Crippen LogP contribution >= 0.6 is 0 Å². The van der Waals surface area contributed by atoms with E-state index >= 15 is 0 Å². The number of benzene rings is 1. The van der Waals surface area contributed by atoms with Crippen LogP contribution in [0.5, 0.6) is 0 Å². The fourth-order valence-electron chi connectivity index (χ4n) is 3.63. The molecule has 1 aromatic carbocycles. The van der Waals surface area contributed by atoms with Crippen molar-refractivity contribution in [2.24, 2.45) is 5.92 Å². The zero-order chi connectivity index (χ0) is 14.5. The van der Waals surface area contributed by atoms with Gasteiger partial charge >= 0.3 is 0 Å². The lowest BCUT2D eigenvalue weighted by Crippen LogP contribution is -2.35. The maximum absolute atomic E-state index is 11.7. The van der Waals surface area contributed by atoms with Gasteiger partial charge in [-0.1, -0.05) is 62.4 Å². The zero-order valence-electron chi connectivity index (χ0n) is 12.6. The van der Waals surface area contributed by atoms with Crippen LogP contribution in [-0.2, 0) is 16.1 Å². The minimum absolute atomic E-state index is 0.0413. The van der Waals surface area contributed by atoms with Crippen LogP contribution in [0.25, 0.3) is 0 Å². The third-order valence-corrected chi connectivity index (χ3v) is 4.80. The summed E-state index contributed by atoms with van der Waals surface area (Å²) in [5, 5.41) is 3.12. The molecule has 1 amide bonds. The molecule has 2 atom stereocenters. The van der Waals surface area contributed by atoms with Gasteiger partial charge in [0.2, 0.25) is 5.91 Å². The molecule has 1 saturated carbocycles. The van der Waals surface area contributed by atoms with E-state index < -0.39 is 0 Å². The third-order valence-electron chi connectivity index (χ3n) is 4.80. The van der Waals surface area contributed by atoms with E-state index in [1.807, 2.05) is 18.2 Å². The molecule has 1 heterocycles. The lowest BCUT2D eigenvalue weighted by Gasteiger charge is -2.27. The van der Waals surface area contributed by atoms with Gasteiger partial charge in [0.05, 0.1) is 25.2 Å². The van der Waals surface area contributed by atoms with Crippen LogP contribution in [-0.4, -0.2) is 18.1 Å². The molecule has 114 valence electrons. The number of ether oxygens (including phenoxy) is 1. The summed E-state index contributed by atoms with van der Waals surface area (Å²) in [7, 11) is 0. The Morgan fingerprint density at radius 3 is 2.62 bits per heavy atom. The molecule has 21 heavy (non-hydrogen) atoms. The Morgan fingerprint density at radius 2 is 1.86 bits per heavy atom. The second kappa shape index (κ2) is 7.08. The highest BCUT2D eigenvalue weighted by Crippen LogP contribution is 2.30. The van der Waals surface area contributed by atoms with Gasteiger partial charge in [0.1, 0.15) is 0 Å². The summed E-state index contributed by atoms with van der Waals surface area (Å²) in [6, 6.07) is 10.4. The molecule has 0 bridgehead atoms. The molecule has 1 N–H and O–H groups in total. The SMILES string of the molecule is O=C1C[C@H](OCc2ccccc2)[C@@H](CC2CCCCC2)N1. The van der Waals surface area contributed by atoms with Gasteiger partial charge in [-0.2, -0.15) is 0 Å². The molecular weight excluding hydrogens is 262 g/mol. The minimum Gasteiger partial charge on any atom is -0.371 e. The Labute approximate surface area is 127 Å². The molecule has 2 fully saturated rings. The molecule has 0 aromatic heterocycles. The predicted octanol–water partition coefficient (Wildman–Crippen LogP) is 3.43. The molecule has 1 aliphatic carbocycles. The molecule has 3 rings (SSSR count). The van der Waals surface area contributed by atoms with E-state index in [0.717, 1.165) is 12.3 Å². The van der Waals surface area contributed by atoms with Crippen LogP contribution in [0.1, 0.15) is 50.5 Å². The van der Waals surface area contributed by atoms with Crippen molar-refractivity contribution in [1.82, 2.24) is 5.32 Å². The number of amides is 1. The van der Waals surface area contributed by atoms with Crippen molar-refractivity contribution in [3.05, 3.63) is 35.9 Å². The third kappa shape index (κ3) is 4.07. The van der Waals surface area contributed by atoms with Crippen LogP contribution in [0.2, 0.25) is 0 Å². The average Bonchev–Trinajstić information content (AvgIpc) is 2.87. The fraction of sp³-hybridized carbons (Fsp3) is 0.611. The van der Waals surface area contributed by atoms with Crippen molar-refractivity contribution in [3.8, 4) is 0 Å². The molecule has 1 saturated heterocycles. The summed E-state index contributed by atoms with van der Waals surface area (Å²) in [5.74, 6) is 0.916. The van der Waals surface area contributed by atoms with Crippen molar-refractivity contribution in [2.45, 2.75) is 63.7 Å². The van der Waals surface area contributed by atoms with E-state index in [1.165, 1.54) is 37.7 Å². The lowest BCUT2D eigenvalue weighted by atomic mass is 9.84. The van der Waals surface area contributed by atoms with Crippen molar-refractivity contribution >= 4 is 5.91 Å². The summed E-state index contributed by atoms with van der Waals surface area (Å²) < 4.78 is 6.03. The summed E-state index contributed by atoms with van der Waals surface area (Å²) in [5.41, 5.74) is 1.17. The predicted molar refractivity (Wildman–Crippen MR) is 82.8 cm³/mol. The summed E-state index contributed by atoms with van der Waals surface area (Å²) in [6.45, 7) is 0.599. The van der Waals surface area contributed by atoms with Crippen LogP contribution in [0, 0.1) is 5.92 Å². The van der Waals surface area contributed by atoms with E-state index in [4.69, 9.17) is 4.74 Å². The van der Waals surface area contributed by atoms with Gasteiger partial charge in [-0.05, 0) is 17.9 Å². The van der Waals surface area contributed by atoms with Gasteiger partial charge in [0.25, 0.3) is 0 Å². The highest BCUT2D eigenvalue weighted by Gasteiger charge is 2.34. The Kier molecular flexibility index (Phi) is 4.91. The molecule has 0 spiro atoms. The number of rotatable bonds is 5. The quantitative estimate of drug-likeness (QED) is 0.901. The standard InChI is InChI=1S/C18H25NO2/c20-18-12-17(21-13-15-9-5-2-6-10-15)16(19-18)11-14-7-3-1-4-8-14/h2,5-6,9-10,14,16-17H,1,3-4,7-8,11-13H2,(H,19,20)/t16-,17+/m1/s1. The van der Waals surface area contributed by atoms with Gasteiger partial charge in [-0.15, -0.1) is 0 Å². The molecule has 3 nitrogen and oxygen atoms in total. The van der Waals surface area contributed by atoms with E-state index in [9.17, 15) is 4.79 Å². The maximum atomic E-state index is 11.7. The molecule has 3 heteroatoms. The van der Waals surface area contributed by atoms with Gasteiger partial charge in [-0.25, -0.2) is 0 Å². The smallest absolute Gasteiger partial charge is 0.223 e. The van der Waals surface area contributed by atoms with Gasteiger partial charge in [0, 0.05) is 0 Å². The average molecular weight is 287 g/mol. The summed E-state index contributed by atoms with van der Waals surface area (Å²) in [6.07, 6.45) is 8.35. The highest BCUT2D eigenvalue weighted by molar-refractivity contribution is 5.79. The monoisotopic (exact) mass is 287 g/mol. The lowest BCUT2D eigenvalue weighted by molar-refractivity contribution is -0.120. The van der Waals surface area contributed by atoms with Crippen molar-refractivity contribution in [3.63, 3.8) is 0 Å². The first-order chi connectivity index (χ1) is 10.3. The maximum Gasteiger partial charge on any atom is 0.223 e. The Bertz CT molecular complexity index is 454. The van der Waals surface area contributed by atoms with Crippen molar-refractivity contribution < 1.29 is 9.53 Å². The number of carbonyl (C=O) groups is 1. The van der Waals surface area contributed by atoms with E-state index in [0.29, 0.717) is 13.0 Å². The molecule has 1 aliphatic heterocycles. The van der Waals surface area contributed by atoms with Gasteiger partial charge in [-0.3, -0.25) is 4.79 Å². The first kappa shape index (κ1) is 14.6. The first-order valence-corrected chi connectivity index (χ1v) is 8.26.